The number of aliphatic carboxylic acids is 1. The molecule has 2 N–H and O–H groups in total. The van der Waals surface area contributed by atoms with E-state index in [1.807, 2.05) is 0 Å². The summed E-state index contributed by atoms with van der Waals surface area (Å²) < 4.78 is 0. The molecule has 0 amide bonds. The van der Waals surface area contributed by atoms with Gasteiger partial charge in [0.15, 0.2) is 0 Å². The lowest BCUT2D eigenvalue weighted by atomic mass is 10.0. The molecule has 0 fully saturated rings. The first-order valence-corrected chi connectivity index (χ1v) is 11.5. The van der Waals surface area contributed by atoms with Crippen molar-refractivity contribution in [1.29, 1.82) is 0 Å². The Morgan fingerprint density at radius 3 is 0.962 bits per heavy atom. The molecule has 0 saturated carbocycles. The average molecular weight is 373 g/mol. The second-order valence-electron chi connectivity index (χ2n) is 7.48. The van der Waals surface area contributed by atoms with Crippen LogP contribution in [0.15, 0.2) is 0 Å². The molecule has 0 aromatic rings. The van der Waals surface area contributed by atoms with Gasteiger partial charge in [0, 0.05) is 13.0 Å². The van der Waals surface area contributed by atoms with Gasteiger partial charge in [0.2, 0.25) is 0 Å². The van der Waals surface area contributed by atoms with E-state index in [0.717, 1.165) is 6.42 Å². The summed E-state index contributed by atoms with van der Waals surface area (Å²) in [5.74, 6) is -0.745. The molecule has 0 bridgehead atoms. The van der Waals surface area contributed by atoms with Gasteiger partial charge in [-0.2, -0.15) is 0 Å². The van der Waals surface area contributed by atoms with E-state index in [2.05, 4.69) is 6.92 Å². The molecule has 0 radical (unpaired) electrons. The van der Waals surface area contributed by atoms with Gasteiger partial charge in [-0.1, -0.05) is 123 Å². The summed E-state index contributed by atoms with van der Waals surface area (Å²) in [7, 11) is 0. The first-order valence-electron chi connectivity index (χ1n) is 11.5. The molecule has 3 heteroatoms. The van der Waals surface area contributed by atoms with Crippen molar-refractivity contribution in [2.75, 3.05) is 6.61 Å². The Kier molecular flexibility index (Phi) is 28.3. The van der Waals surface area contributed by atoms with E-state index in [0.29, 0.717) is 6.61 Å². The zero-order chi connectivity index (χ0) is 19.7. The van der Waals surface area contributed by atoms with Crippen molar-refractivity contribution in [1.82, 2.24) is 0 Å². The van der Waals surface area contributed by atoms with Gasteiger partial charge in [-0.3, -0.25) is 4.79 Å². The second kappa shape index (κ2) is 26.7. The first kappa shape index (κ1) is 27.6. The fourth-order valence-corrected chi connectivity index (χ4v) is 3.01. The maximum Gasteiger partial charge on any atom is 0.303 e. The molecule has 0 saturated heterocycles. The number of unbranched alkanes of at least 4 members (excludes halogenated alkanes) is 17. The van der Waals surface area contributed by atoms with E-state index in [-0.39, 0.29) is 6.42 Å². The molecule has 158 valence electrons. The van der Waals surface area contributed by atoms with Crippen LogP contribution < -0.4 is 0 Å². The average Bonchev–Trinajstić information content (AvgIpc) is 2.64. The van der Waals surface area contributed by atoms with Crippen LogP contribution in [0.3, 0.4) is 0 Å². The van der Waals surface area contributed by atoms with Crippen LogP contribution in [0.4, 0.5) is 0 Å². The Labute approximate surface area is 164 Å². The van der Waals surface area contributed by atoms with Gasteiger partial charge in [-0.05, 0) is 6.42 Å². The van der Waals surface area contributed by atoms with Crippen molar-refractivity contribution in [2.24, 2.45) is 0 Å². The maximum atomic E-state index is 9.37. The fraction of sp³-hybridized carbons (Fsp3) is 0.957. The van der Waals surface area contributed by atoms with Gasteiger partial charge in [0.05, 0.1) is 0 Å². The molecule has 0 heterocycles. The van der Waals surface area contributed by atoms with E-state index in [1.165, 1.54) is 109 Å². The van der Waals surface area contributed by atoms with Gasteiger partial charge >= 0.3 is 5.97 Å². The van der Waals surface area contributed by atoms with Crippen molar-refractivity contribution in [3.63, 3.8) is 0 Å². The van der Waals surface area contributed by atoms with Gasteiger partial charge in [-0.25, -0.2) is 0 Å². The molecule has 3 nitrogen and oxygen atoms in total. The number of aliphatic hydroxyl groups excluding tert-OH is 1. The van der Waals surface area contributed by atoms with Crippen molar-refractivity contribution in [3.8, 4) is 0 Å². The van der Waals surface area contributed by atoms with Gasteiger partial charge in [0.1, 0.15) is 0 Å². The second-order valence-corrected chi connectivity index (χ2v) is 7.48. The summed E-state index contributed by atoms with van der Waals surface area (Å²) in [6, 6.07) is 0. The summed E-state index contributed by atoms with van der Waals surface area (Å²) in [6.45, 7) is 4.26. The molecule has 0 unspecified atom stereocenters. The summed E-state index contributed by atoms with van der Waals surface area (Å²) in [6.07, 6.45) is 25.4. The van der Waals surface area contributed by atoms with E-state index in [1.54, 1.807) is 6.92 Å². The zero-order valence-electron chi connectivity index (χ0n) is 17.9. The molecule has 0 aliphatic rings. The van der Waals surface area contributed by atoms with Gasteiger partial charge in [-0.15, -0.1) is 0 Å². The van der Waals surface area contributed by atoms with Crippen molar-refractivity contribution in [2.45, 2.75) is 136 Å². The Balaban J connectivity index is 0. The summed E-state index contributed by atoms with van der Waals surface area (Å²) in [5, 5.41) is 16.4. The normalized spacial score (nSPS) is 10.4. The Hall–Kier alpha value is -0.570. The van der Waals surface area contributed by atoms with Crippen molar-refractivity contribution in [3.05, 3.63) is 0 Å². The molecule has 0 rings (SSSR count). The Morgan fingerprint density at radius 2 is 0.769 bits per heavy atom. The number of hydrogen-bond acceptors (Lipinski definition) is 2. The predicted molar refractivity (Wildman–Crippen MR) is 114 cm³/mol. The molecular formula is C23H48O3. The highest BCUT2D eigenvalue weighted by Crippen LogP contribution is 2.14. The van der Waals surface area contributed by atoms with Gasteiger partial charge in [0.25, 0.3) is 0 Å². The monoisotopic (exact) mass is 372 g/mol. The SMILES string of the molecule is CCC(=O)O.CCCCCCCCCCCCCCCCCCCCO. The summed E-state index contributed by atoms with van der Waals surface area (Å²) in [4.78, 5) is 9.37. The molecule has 0 aromatic carbocycles. The summed E-state index contributed by atoms with van der Waals surface area (Å²) >= 11 is 0. The molecule has 0 aliphatic heterocycles. The van der Waals surface area contributed by atoms with Crippen molar-refractivity contribution < 1.29 is 15.0 Å². The largest absolute Gasteiger partial charge is 0.481 e. The lowest BCUT2D eigenvalue weighted by molar-refractivity contribution is -0.136. The predicted octanol–water partition coefficient (Wildman–Crippen LogP) is 7.50. The van der Waals surface area contributed by atoms with E-state index < -0.39 is 5.97 Å². The van der Waals surface area contributed by atoms with E-state index >= 15 is 0 Å². The third-order valence-electron chi connectivity index (χ3n) is 4.81. The van der Waals surface area contributed by atoms with Crippen LogP contribution in [0.2, 0.25) is 0 Å². The fourth-order valence-electron chi connectivity index (χ4n) is 3.01. The molecular weight excluding hydrogens is 324 g/mol. The van der Waals surface area contributed by atoms with E-state index in [9.17, 15) is 4.79 Å². The number of carboxylic acids is 1. The molecule has 26 heavy (non-hydrogen) atoms. The molecule has 0 aliphatic carbocycles. The first-order chi connectivity index (χ1) is 12.7. The minimum Gasteiger partial charge on any atom is -0.481 e. The standard InChI is InChI=1S/C20H42O.C3H6O2/c1-2-3-4-5-6-7-8-9-10-11-12-13-14-15-16-17-18-19-20-21;1-2-3(4)5/h21H,2-20H2,1H3;2H2,1H3,(H,4,5). The minimum atomic E-state index is -0.745. The number of rotatable bonds is 19. The highest BCUT2D eigenvalue weighted by Gasteiger charge is 1.94. The van der Waals surface area contributed by atoms with Crippen molar-refractivity contribution >= 4 is 5.97 Å². The summed E-state index contributed by atoms with van der Waals surface area (Å²) in [5.41, 5.74) is 0. The minimum absolute atomic E-state index is 0.222. The van der Waals surface area contributed by atoms with E-state index in [4.69, 9.17) is 10.2 Å². The van der Waals surface area contributed by atoms with Crippen LogP contribution in [0.5, 0.6) is 0 Å². The number of hydrogen-bond donors (Lipinski definition) is 2. The smallest absolute Gasteiger partial charge is 0.303 e. The molecule has 0 spiro atoms. The molecule has 0 aromatic heterocycles. The van der Waals surface area contributed by atoms with Crippen LogP contribution >= 0.6 is 0 Å². The van der Waals surface area contributed by atoms with Crippen LogP contribution in [-0.2, 0) is 4.79 Å². The maximum absolute atomic E-state index is 9.37. The Bertz CT molecular complexity index is 236. The number of carbonyl (C=O) groups is 1. The lowest BCUT2D eigenvalue weighted by Gasteiger charge is -2.03. The quantitative estimate of drug-likeness (QED) is 0.231. The third-order valence-corrected chi connectivity index (χ3v) is 4.81. The van der Waals surface area contributed by atoms with Crippen LogP contribution in [0.1, 0.15) is 136 Å². The van der Waals surface area contributed by atoms with Crippen LogP contribution in [0, 0.1) is 0 Å². The Morgan fingerprint density at radius 1 is 0.538 bits per heavy atom. The number of carboxylic acid groups (broad SMARTS) is 1. The number of aliphatic hydroxyl groups is 1. The highest BCUT2D eigenvalue weighted by atomic mass is 16.4. The van der Waals surface area contributed by atoms with Gasteiger partial charge < -0.3 is 10.2 Å². The van der Waals surface area contributed by atoms with Crippen LogP contribution in [-0.4, -0.2) is 22.8 Å². The van der Waals surface area contributed by atoms with Crippen LogP contribution in [0.25, 0.3) is 0 Å². The third kappa shape index (κ3) is 31.2. The topological polar surface area (TPSA) is 57.5 Å². The zero-order valence-corrected chi connectivity index (χ0v) is 17.9. The lowest BCUT2D eigenvalue weighted by Crippen LogP contribution is -1.86. The molecule has 0 atom stereocenters. The highest BCUT2D eigenvalue weighted by molar-refractivity contribution is 5.66.